The zero-order valence-corrected chi connectivity index (χ0v) is 17.8. The lowest BCUT2D eigenvalue weighted by Crippen LogP contribution is -2.46. The van der Waals surface area contributed by atoms with Crippen LogP contribution in [0.1, 0.15) is 44.1 Å². The van der Waals surface area contributed by atoms with Crippen LogP contribution in [-0.2, 0) is 9.59 Å². The summed E-state index contributed by atoms with van der Waals surface area (Å²) in [5, 5.41) is 3.13. The molecule has 1 heterocycles. The number of ether oxygens (including phenoxy) is 2. The van der Waals surface area contributed by atoms with Crippen molar-refractivity contribution in [2.24, 2.45) is 0 Å². The Balaban J connectivity index is 1.54. The van der Waals surface area contributed by atoms with Crippen LogP contribution < -0.4 is 19.7 Å². The van der Waals surface area contributed by atoms with E-state index in [2.05, 4.69) is 5.32 Å². The summed E-state index contributed by atoms with van der Waals surface area (Å²) in [4.78, 5) is 27.5. The number of fused-ring (bicyclic) bond motifs is 1. The van der Waals surface area contributed by atoms with E-state index in [0.29, 0.717) is 11.4 Å². The fourth-order valence-electron chi connectivity index (χ4n) is 4.11. The van der Waals surface area contributed by atoms with Crippen LogP contribution in [0.3, 0.4) is 0 Å². The van der Waals surface area contributed by atoms with Crippen molar-refractivity contribution < 1.29 is 19.1 Å². The van der Waals surface area contributed by atoms with Crippen LogP contribution in [0.15, 0.2) is 54.3 Å². The summed E-state index contributed by atoms with van der Waals surface area (Å²) in [5.74, 6) is 1.02. The Kier molecular flexibility index (Phi) is 6.55. The molecule has 0 spiro atoms. The average molecular weight is 421 g/mol. The smallest absolute Gasteiger partial charge is 0.294 e. The summed E-state index contributed by atoms with van der Waals surface area (Å²) in [6.07, 6.45) is 8.42. The summed E-state index contributed by atoms with van der Waals surface area (Å²) < 4.78 is 11.1. The van der Waals surface area contributed by atoms with Gasteiger partial charge in [-0.25, -0.2) is 0 Å². The molecule has 0 aromatic heterocycles. The molecular formula is C25H28N2O4. The number of methoxy groups -OCH3 is 1. The molecular weight excluding hydrogens is 392 g/mol. The van der Waals surface area contributed by atoms with E-state index >= 15 is 0 Å². The van der Waals surface area contributed by atoms with Gasteiger partial charge in [-0.05, 0) is 48.7 Å². The summed E-state index contributed by atoms with van der Waals surface area (Å²) in [7, 11) is 1.61. The number of para-hydroxylation sites is 2. The highest BCUT2D eigenvalue weighted by Gasteiger charge is 2.32. The van der Waals surface area contributed by atoms with Gasteiger partial charge in [-0.2, -0.15) is 0 Å². The molecule has 162 valence electrons. The van der Waals surface area contributed by atoms with Crippen molar-refractivity contribution in [2.75, 3.05) is 18.6 Å². The normalized spacial score (nSPS) is 18.2. The summed E-state index contributed by atoms with van der Waals surface area (Å²) in [5.41, 5.74) is 1.42. The maximum atomic E-state index is 13.2. The van der Waals surface area contributed by atoms with Crippen molar-refractivity contribution in [3.8, 4) is 11.5 Å². The van der Waals surface area contributed by atoms with Crippen molar-refractivity contribution >= 4 is 23.6 Å². The lowest BCUT2D eigenvalue weighted by atomic mass is 10.1. The third-order valence-electron chi connectivity index (χ3n) is 5.77. The monoisotopic (exact) mass is 420 g/mol. The molecule has 0 radical (unpaired) electrons. The lowest BCUT2D eigenvalue weighted by Gasteiger charge is -2.30. The van der Waals surface area contributed by atoms with Crippen molar-refractivity contribution in [2.45, 2.75) is 44.6 Å². The van der Waals surface area contributed by atoms with Gasteiger partial charge in [-0.15, -0.1) is 0 Å². The standard InChI is InChI=1S/C25H28N2O4/c1-30-20-14-12-18(13-15-20)16-23-25(29)27(21-10-6-7-11-22(21)31-23)17-24(28)26-19-8-4-2-3-5-9-19/h6-7,10-16,19H,2-5,8-9,17H2,1H3,(H,26,28)/b23-16-. The van der Waals surface area contributed by atoms with Crippen LogP contribution in [0.4, 0.5) is 5.69 Å². The molecule has 1 fully saturated rings. The van der Waals surface area contributed by atoms with E-state index in [-0.39, 0.29) is 30.2 Å². The number of anilines is 1. The van der Waals surface area contributed by atoms with Gasteiger partial charge in [-0.1, -0.05) is 49.9 Å². The molecule has 0 bridgehead atoms. The Morgan fingerprint density at radius 2 is 1.81 bits per heavy atom. The Morgan fingerprint density at radius 3 is 2.52 bits per heavy atom. The number of nitrogens with zero attached hydrogens (tertiary/aromatic N) is 1. The largest absolute Gasteiger partial charge is 0.497 e. The van der Waals surface area contributed by atoms with Crippen LogP contribution in [0, 0.1) is 0 Å². The van der Waals surface area contributed by atoms with E-state index < -0.39 is 0 Å². The number of hydrogen-bond donors (Lipinski definition) is 1. The molecule has 31 heavy (non-hydrogen) atoms. The number of rotatable bonds is 5. The van der Waals surface area contributed by atoms with Crippen molar-refractivity contribution in [1.29, 1.82) is 0 Å². The Labute approximate surface area is 182 Å². The van der Waals surface area contributed by atoms with Crippen LogP contribution in [0.2, 0.25) is 0 Å². The fraction of sp³-hybridized carbons (Fsp3) is 0.360. The minimum atomic E-state index is -0.328. The zero-order chi connectivity index (χ0) is 21.6. The fourth-order valence-corrected chi connectivity index (χ4v) is 4.11. The van der Waals surface area contributed by atoms with Crippen LogP contribution in [0.25, 0.3) is 6.08 Å². The van der Waals surface area contributed by atoms with Crippen molar-refractivity contribution in [1.82, 2.24) is 5.32 Å². The molecule has 2 amide bonds. The van der Waals surface area contributed by atoms with Gasteiger partial charge in [-0.3, -0.25) is 14.5 Å². The van der Waals surface area contributed by atoms with Gasteiger partial charge in [0, 0.05) is 6.04 Å². The zero-order valence-electron chi connectivity index (χ0n) is 17.8. The summed E-state index contributed by atoms with van der Waals surface area (Å²) in [6.45, 7) is -0.0321. The molecule has 2 aromatic carbocycles. The number of carbonyl (C=O) groups is 2. The highest BCUT2D eigenvalue weighted by molar-refractivity contribution is 6.12. The number of benzene rings is 2. The van der Waals surface area contributed by atoms with E-state index in [1.54, 1.807) is 25.3 Å². The van der Waals surface area contributed by atoms with Gasteiger partial charge in [0.1, 0.15) is 12.3 Å². The van der Waals surface area contributed by atoms with E-state index in [4.69, 9.17) is 9.47 Å². The third kappa shape index (κ3) is 5.08. The second-order valence-electron chi connectivity index (χ2n) is 8.00. The number of nitrogens with one attached hydrogen (secondary N) is 1. The van der Waals surface area contributed by atoms with E-state index in [9.17, 15) is 9.59 Å². The van der Waals surface area contributed by atoms with E-state index in [1.807, 2.05) is 36.4 Å². The van der Waals surface area contributed by atoms with Gasteiger partial charge in [0.25, 0.3) is 5.91 Å². The number of carbonyl (C=O) groups excluding carboxylic acids is 2. The molecule has 6 heteroatoms. The molecule has 1 saturated carbocycles. The lowest BCUT2D eigenvalue weighted by molar-refractivity contribution is -0.124. The first-order valence-electron chi connectivity index (χ1n) is 10.9. The molecule has 0 atom stereocenters. The highest BCUT2D eigenvalue weighted by atomic mass is 16.5. The second-order valence-corrected chi connectivity index (χ2v) is 8.00. The number of amides is 2. The number of hydrogen-bond acceptors (Lipinski definition) is 4. The SMILES string of the molecule is COc1ccc(/C=C2\Oc3ccccc3N(CC(=O)NC3CCCCCC3)C2=O)cc1. The molecule has 1 aliphatic carbocycles. The molecule has 1 aliphatic heterocycles. The predicted molar refractivity (Wildman–Crippen MR) is 120 cm³/mol. The van der Waals surface area contributed by atoms with Crippen LogP contribution in [-0.4, -0.2) is 31.5 Å². The Hall–Kier alpha value is -3.28. The summed E-state index contributed by atoms with van der Waals surface area (Å²) in [6, 6.07) is 14.8. The van der Waals surface area contributed by atoms with Gasteiger partial charge < -0.3 is 14.8 Å². The molecule has 0 saturated heterocycles. The maximum Gasteiger partial charge on any atom is 0.294 e. The average Bonchev–Trinajstić information content (AvgIpc) is 3.05. The van der Waals surface area contributed by atoms with Gasteiger partial charge in [0.15, 0.2) is 11.5 Å². The molecule has 6 nitrogen and oxygen atoms in total. The Morgan fingerprint density at radius 1 is 1.10 bits per heavy atom. The van der Waals surface area contributed by atoms with Crippen molar-refractivity contribution in [3.05, 3.63) is 59.9 Å². The van der Waals surface area contributed by atoms with Gasteiger partial charge in [0.05, 0.1) is 12.8 Å². The first-order chi connectivity index (χ1) is 15.1. The first-order valence-corrected chi connectivity index (χ1v) is 10.9. The van der Waals surface area contributed by atoms with Crippen molar-refractivity contribution in [3.63, 3.8) is 0 Å². The van der Waals surface area contributed by atoms with Crippen LogP contribution >= 0.6 is 0 Å². The highest BCUT2D eigenvalue weighted by Crippen LogP contribution is 2.35. The van der Waals surface area contributed by atoms with Gasteiger partial charge in [0.2, 0.25) is 5.91 Å². The molecule has 0 unspecified atom stereocenters. The summed E-state index contributed by atoms with van der Waals surface area (Å²) >= 11 is 0. The minimum Gasteiger partial charge on any atom is -0.497 e. The topological polar surface area (TPSA) is 67.9 Å². The first kappa shape index (κ1) is 21.0. The Bertz CT molecular complexity index is 960. The van der Waals surface area contributed by atoms with Crippen LogP contribution in [0.5, 0.6) is 11.5 Å². The molecule has 2 aliphatic rings. The van der Waals surface area contributed by atoms with E-state index in [1.165, 1.54) is 17.7 Å². The minimum absolute atomic E-state index is 0.0321. The maximum absolute atomic E-state index is 13.2. The molecule has 2 aromatic rings. The second kappa shape index (κ2) is 9.69. The van der Waals surface area contributed by atoms with E-state index in [0.717, 1.165) is 37.0 Å². The predicted octanol–water partition coefficient (Wildman–Crippen LogP) is 4.30. The molecule has 1 N–H and O–H groups in total. The molecule has 4 rings (SSSR count). The third-order valence-corrected chi connectivity index (χ3v) is 5.77. The quantitative estimate of drug-likeness (QED) is 0.578. The van der Waals surface area contributed by atoms with Gasteiger partial charge >= 0.3 is 0 Å².